The molecule has 3 rings (SSSR count). The molecule has 0 aliphatic carbocycles. The number of unbranched alkanes of at least 4 members (excludes halogenated alkanes) is 1. The Labute approximate surface area is 143 Å². The summed E-state index contributed by atoms with van der Waals surface area (Å²) in [5, 5.41) is 0. The Bertz CT molecular complexity index is 831. The van der Waals surface area contributed by atoms with Crippen molar-refractivity contribution in [3.63, 3.8) is 0 Å². The maximum atomic E-state index is 5.65. The van der Waals surface area contributed by atoms with Crippen molar-refractivity contribution in [1.29, 1.82) is 0 Å². The first kappa shape index (κ1) is 16.7. The number of rotatable bonds is 6. The van der Waals surface area contributed by atoms with Gasteiger partial charge in [0.1, 0.15) is 11.3 Å². The molecule has 0 fully saturated rings. The largest absolute Gasteiger partial charge is 0.330 e. The quantitative estimate of drug-likeness (QED) is 0.749. The summed E-state index contributed by atoms with van der Waals surface area (Å²) in [5.74, 6) is 1.10. The molecular formula is C20H26N4. The molecule has 0 unspecified atom stereocenters. The van der Waals surface area contributed by atoms with Gasteiger partial charge in [-0.2, -0.15) is 0 Å². The van der Waals surface area contributed by atoms with Gasteiger partial charge < -0.3 is 5.73 Å². The minimum atomic E-state index is 0.676. The minimum Gasteiger partial charge on any atom is -0.330 e. The van der Waals surface area contributed by atoms with Gasteiger partial charge in [-0.25, -0.2) is 9.97 Å². The van der Waals surface area contributed by atoms with E-state index in [9.17, 15) is 0 Å². The summed E-state index contributed by atoms with van der Waals surface area (Å²) >= 11 is 0. The van der Waals surface area contributed by atoms with Gasteiger partial charge in [0.25, 0.3) is 0 Å². The molecular weight excluding hydrogens is 296 g/mol. The molecule has 0 atom stereocenters. The van der Waals surface area contributed by atoms with E-state index in [1.165, 1.54) is 11.1 Å². The van der Waals surface area contributed by atoms with Crippen LogP contribution in [0.2, 0.25) is 0 Å². The van der Waals surface area contributed by atoms with Crippen LogP contribution in [0.1, 0.15) is 42.4 Å². The molecule has 2 heterocycles. The summed E-state index contributed by atoms with van der Waals surface area (Å²) in [6.45, 7) is 7.04. The number of hydrogen-bond acceptors (Lipinski definition) is 3. The van der Waals surface area contributed by atoms with Crippen molar-refractivity contribution >= 4 is 11.2 Å². The summed E-state index contributed by atoms with van der Waals surface area (Å²) in [6, 6.07) is 10.7. The molecule has 4 nitrogen and oxygen atoms in total. The first-order chi connectivity index (χ1) is 11.6. The molecule has 24 heavy (non-hydrogen) atoms. The smallest absolute Gasteiger partial charge is 0.165 e. The maximum Gasteiger partial charge on any atom is 0.165 e. The Hall–Kier alpha value is -2.20. The number of aromatic nitrogens is 3. The molecule has 1 aromatic carbocycles. The van der Waals surface area contributed by atoms with Gasteiger partial charge in [0.15, 0.2) is 5.65 Å². The van der Waals surface area contributed by atoms with Gasteiger partial charge in [-0.1, -0.05) is 25.5 Å². The number of nitrogens with zero attached hydrogens (tertiary/aromatic N) is 3. The number of hydrogen-bond donors (Lipinski definition) is 1. The van der Waals surface area contributed by atoms with Gasteiger partial charge in [-0.05, 0) is 62.6 Å². The molecule has 0 spiro atoms. The van der Waals surface area contributed by atoms with Gasteiger partial charge >= 0.3 is 0 Å². The van der Waals surface area contributed by atoms with Crippen molar-refractivity contribution in [2.24, 2.45) is 5.73 Å². The average Bonchev–Trinajstić information content (AvgIpc) is 2.92. The van der Waals surface area contributed by atoms with E-state index in [-0.39, 0.29) is 0 Å². The molecule has 0 bridgehead atoms. The Balaban J connectivity index is 2.15. The van der Waals surface area contributed by atoms with Gasteiger partial charge in [-0.3, -0.25) is 4.57 Å². The van der Waals surface area contributed by atoms with Crippen LogP contribution in [0.3, 0.4) is 0 Å². The molecule has 0 aliphatic heterocycles. The van der Waals surface area contributed by atoms with Crippen LogP contribution in [0.15, 0.2) is 30.3 Å². The van der Waals surface area contributed by atoms with Crippen molar-refractivity contribution < 1.29 is 0 Å². The van der Waals surface area contributed by atoms with E-state index in [0.29, 0.717) is 6.54 Å². The Morgan fingerprint density at radius 1 is 1.04 bits per heavy atom. The van der Waals surface area contributed by atoms with E-state index < -0.39 is 0 Å². The third-order valence-corrected chi connectivity index (χ3v) is 4.39. The summed E-state index contributed by atoms with van der Waals surface area (Å²) in [6.07, 6.45) is 4.16. The number of aryl methyl sites for hydroxylation is 3. The third kappa shape index (κ3) is 3.20. The van der Waals surface area contributed by atoms with Crippen LogP contribution in [-0.4, -0.2) is 21.1 Å². The van der Waals surface area contributed by atoms with E-state index in [2.05, 4.69) is 48.7 Å². The van der Waals surface area contributed by atoms with Crippen LogP contribution >= 0.6 is 0 Å². The van der Waals surface area contributed by atoms with Gasteiger partial charge in [0.05, 0.1) is 0 Å². The van der Waals surface area contributed by atoms with E-state index in [1.807, 2.05) is 6.92 Å². The molecule has 0 aliphatic rings. The fraction of sp³-hybridized carbons (Fsp3) is 0.400. The van der Waals surface area contributed by atoms with Crippen LogP contribution in [0, 0.1) is 13.8 Å². The fourth-order valence-corrected chi connectivity index (χ4v) is 3.16. The normalized spacial score (nSPS) is 11.3. The maximum absolute atomic E-state index is 5.65. The zero-order valence-electron chi connectivity index (χ0n) is 14.8. The van der Waals surface area contributed by atoms with E-state index >= 15 is 0 Å². The highest BCUT2D eigenvalue weighted by molar-refractivity contribution is 5.78. The topological polar surface area (TPSA) is 56.7 Å². The standard InChI is InChI=1S/C20H26N4/c1-4-5-6-18-23-19-14(2)13-15(3)22-20(19)24(18)17-9-7-16(8-10-17)11-12-21/h7-10,13H,4-6,11-12,21H2,1-3H3. The molecule has 0 radical (unpaired) electrons. The highest BCUT2D eigenvalue weighted by atomic mass is 15.1. The first-order valence-electron chi connectivity index (χ1n) is 8.79. The van der Waals surface area contributed by atoms with Crippen molar-refractivity contribution in [3.05, 3.63) is 53.0 Å². The summed E-state index contributed by atoms with van der Waals surface area (Å²) < 4.78 is 2.22. The average molecular weight is 322 g/mol. The van der Waals surface area contributed by atoms with E-state index in [0.717, 1.165) is 54.1 Å². The van der Waals surface area contributed by atoms with Crippen molar-refractivity contribution in [2.75, 3.05) is 6.54 Å². The number of fused-ring (bicyclic) bond motifs is 1. The lowest BCUT2D eigenvalue weighted by atomic mass is 10.1. The Morgan fingerprint density at radius 2 is 1.79 bits per heavy atom. The number of pyridine rings is 1. The highest BCUT2D eigenvalue weighted by Crippen LogP contribution is 2.24. The summed E-state index contributed by atoms with van der Waals surface area (Å²) in [4.78, 5) is 9.69. The molecule has 4 heteroatoms. The van der Waals surface area contributed by atoms with E-state index in [1.54, 1.807) is 0 Å². The van der Waals surface area contributed by atoms with Gasteiger partial charge in [0.2, 0.25) is 0 Å². The predicted molar refractivity (Wildman–Crippen MR) is 99.7 cm³/mol. The monoisotopic (exact) mass is 322 g/mol. The van der Waals surface area contributed by atoms with Gasteiger partial charge in [0, 0.05) is 17.8 Å². The van der Waals surface area contributed by atoms with Crippen molar-refractivity contribution in [1.82, 2.24) is 14.5 Å². The number of imidazole rings is 1. The molecule has 0 saturated heterocycles. The highest BCUT2D eigenvalue weighted by Gasteiger charge is 2.15. The lowest BCUT2D eigenvalue weighted by Gasteiger charge is -2.10. The number of benzene rings is 1. The van der Waals surface area contributed by atoms with E-state index in [4.69, 9.17) is 15.7 Å². The SMILES string of the molecule is CCCCc1nc2c(C)cc(C)nc2n1-c1ccc(CCN)cc1. The zero-order chi connectivity index (χ0) is 17.1. The van der Waals surface area contributed by atoms with Crippen LogP contribution < -0.4 is 5.73 Å². The molecule has 2 N–H and O–H groups in total. The van der Waals surface area contributed by atoms with Crippen LogP contribution in [0.5, 0.6) is 0 Å². The van der Waals surface area contributed by atoms with Crippen molar-refractivity contribution in [3.8, 4) is 5.69 Å². The third-order valence-electron chi connectivity index (χ3n) is 4.39. The number of nitrogens with two attached hydrogens (primary N) is 1. The first-order valence-corrected chi connectivity index (χ1v) is 8.79. The molecule has 0 saturated carbocycles. The lowest BCUT2D eigenvalue weighted by molar-refractivity contribution is 0.742. The molecule has 2 aromatic heterocycles. The van der Waals surface area contributed by atoms with Crippen LogP contribution in [0.25, 0.3) is 16.9 Å². The molecule has 0 amide bonds. The predicted octanol–water partition coefficient (Wildman–Crippen LogP) is 3.88. The van der Waals surface area contributed by atoms with Crippen LogP contribution in [-0.2, 0) is 12.8 Å². The van der Waals surface area contributed by atoms with Crippen LogP contribution in [0.4, 0.5) is 0 Å². The summed E-state index contributed by atoms with van der Waals surface area (Å²) in [5.41, 5.74) is 12.2. The molecule has 126 valence electrons. The summed E-state index contributed by atoms with van der Waals surface area (Å²) in [7, 11) is 0. The minimum absolute atomic E-state index is 0.676. The Kier molecular flexibility index (Phi) is 4.95. The fourth-order valence-electron chi connectivity index (χ4n) is 3.16. The Morgan fingerprint density at radius 3 is 2.46 bits per heavy atom. The second-order valence-corrected chi connectivity index (χ2v) is 6.42. The second kappa shape index (κ2) is 7.14. The molecule has 3 aromatic rings. The second-order valence-electron chi connectivity index (χ2n) is 6.42. The van der Waals surface area contributed by atoms with Gasteiger partial charge in [-0.15, -0.1) is 0 Å². The van der Waals surface area contributed by atoms with Crippen molar-refractivity contribution in [2.45, 2.75) is 46.5 Å². The lowest BCUT2D eigenvalue weighted by Crippen LogP contribution is -2.05. The zero-order valence-corrected chi connectivity index (χ0v) is 14.8.